The second-order valence-corrected chi connectivity index (χ2v) is 7.44. The van der Waals surface area contributed by atoms with E-state index in [1.54, 1.807) is 18.2 Å². The molecule has 0 aromatic heterocycles. The highest BCUT2D eigenvalue weighted by molar-refractivity contribution is 7.89. The molecule has 0 radical (unpaired) electrons. The Balaban J connectivity index is 2.06. The van der Waals surface area contributed by atoms with Gasteiger partial charge >= 0.3 is 0 Å². The highest BCUT2D eigenvalue weighted by Crippen LogP contribution is 2.15. The molecule has 0 fully saturated rings. The first kappa shape index (κ1) is 20.1. The molecular formula is C18H18N4O4S. The van der Waals surface area contributed by atoms with E-state index in [1.807, 2.05) is 6.07 Å². The summed E-state index contributed by atoms with van der Waals surface area (Å²) < 4.78 is 27.1. The maximum Gasteiger partial charge on any atom is 0.242 e. The summed E-state index contributed by atoms with van der Waals surface area (Å²) in [5.41, 5.74) is 1.23. The lowest BCUT2D eigenvalue weighted by molar-refractivity contribution is -0.117. The lowest BCUT2D eigenvalue weighted by Crippen LogP contribution is -2.41. The Morgan fingerprint density at radius 2 is 1.70 bits per heavy atom. The molecule has 2 amide bonds. The molecule has 2 aromatic carbocycles. The summed E-state index contributed by atoms with van der Waals surface area (Å²) >= 11 is 0. The average molecular weight is 386 g/mol. The molecule has 27 heavy (non-hydrogen) atoms. The van der Waals surface area contributed by atoms with Crippen molar-refractivity contribution in [2.24, 2.45) is 0 Å². The Hall–Kier alpha value is -3.22. The van der Waals surface area contributed by atoms with Gasteiger partial charge in [0.05, 0.1) is 22.6 Å². The van der Waals surface area contributed by atoms with E-state index < -0.39 is 22.0 Å². The third-order valence-corrected chi connectivity index (χ3v) is 5.03. The third-order valence-electron chi connectivity index (χ3n) is 3.47. The smallest absolute Gasteiger partial charge is 0.242 e. The number of nitrogens with one attached hydrogen (secondary N) is 3. The monoisotopic (exact) mass is 386 g/mol. The number of anilines is 2. The van der Waals surface area contributed by atoms with Gasteiger partial charge < -0.3 is 10.6 Å². The Labute approximate surface area is 157 Å². The molecule has 1 atom stereocenters. The number of nitriles is 1. The van der Waals surface area contributed by atoms with Crippen LogP contribution in [0, 0.1) is 11.3 Å². The second-order valence-electron chi connectivity index (χ2n) is 5.73. The molecule has 0 spiro atoms. The molecule has 2 aromatic rings. The van der Waals surface area contributed by atoms with E-state index in [0.717, 1.165) is 0 Å². The number of rotatable bonds is 6. The van der Waals surface area contributed by atoms with Crippen molar-refractivity contribution in [1.82, 2.24) is 4.72 Å². The zero-order valence-corrected chi connectivity index (χ0v) is 15.5. The lowest BCUT2D eigenvalue weighted by atomic mass is 10.2. The van der Waals surface area contributed by atoms with Gasteiger partial charge in [-0.2, -0.15) is 9.98 Å². The minimum absolute atomic E-state index is 0.0391. The van der Waals surface area contributed by atoms with Gasteiger partial charge in [0.15, 0.2) is 0 Å². The molecule has 0 bridgehead atoms. The first-order valence-electron chi connectivity index (χ1n) is 7.92. The molecule has 3 N–H and O–H groups in total. The van der Waals surface area contributed by atoms with E-state index in [4.69, 9.17) is 5.26 Å². The van der Waals surface area contributed by atoms with Crippen LogP contribution in [-0.2, 0) is 19.6 Å². The number of amides is 2. The Kier molecular flexibility index (Phi) is 6.28. The Morgan fingerprint density at radius 3 is 2.30 bits per heavy atom. The number of sulfonamides is 1. The number of nitrogens with zero attached hydrogens (tertiary/aromatic N) is 1. The second kappa shape index (κ2) is 8.44. The van der Waals surface area contributed by atoms with Crippen LogP contribution in [0.2, 0.25) is 0 Å². The standard InChI is InChI=1S/C18H18N4O4S/c1-12(18(24)21-16-5-3-4-14(10-16)11-19)22-27(25,26)17-8-6-15(7-9-17)20-13(2)23/h3-10,12,22H,1-2H3,(H,20,23)(H,21,24). The predicted octanol–water partition coefficient (Wildman–Crippen LogP) is 1.82. The summed E-state index contributed by atoms with van der Waals surface area (Å²) in [6.07, 6.45) is 0. The van der Waals surface area contributed by atoms with Crippen molar-refractivity contribution >= 4 is 33.2 Å². The quantitative estimate of drug-likeness (QED) is 0.698. The van der Waals surface area contributed by atoms with E-state index >= 15 is 0 Å². The molecule has 0 aliphatic rings. The van der Waals surface area contributed by atoms with Crippen molar-refractivity contribution in [3.05, 3.63) is 54.1 Å². The van der Waals surface area contributed by atoms with Gasteiger partial charge in [-0.15, -0.1) is 0 Å². The highest BCUT2D eigenvalue weighted by Gasteiger charge is 2.22. The van der Waals surface area contributed by atoms with E-state index in [-0.39, 0.29) is 10.8 Å². The van der Waals surface area contributed by atoms with Gasteiger partial charge in [-0.25, -0.2) is 8.42 Å². The van der Waals surface area contributed by atoms with Crippen LogP contribution >= 0.6 is 0 Å². The molecule has 0 saturated heterocycles. The van der Waals surface area contributed by atoms with Gasteiger partial charge in [0.25, 0.3) is 0 Å². The van der Waals surface area contributed by atoms with Gasteiger partial charge in [0, 0.05) is 18.3 Å². The van der Waals surface area contributed by atoms with E-state index in [2.05, 4.69) is 15.4 Å². The summed E-state index contributed by atoms with van der Waals surface area (Å²) in [6.45, 7) is 2.76. The summed E-state index contributed by atoms with van der Waals surface area (Å²) in [6, 6.07) is 12.8. The molecule has 0 aliphatic heterocycles. The van der Waals surface area contributed by atoms with Gasteiger partial charge in [-0.1, -0.05) is 6.07 Å². The maximum absolute atomic E-state index is 12.4. The number of carbonyl (C=O) groups excluding carboxylic acids is 2. The van der Waals surface area contributed by atoms with Gasteiger partial charge in [0.1, 0.15) is 0 Å². The van der Waals surface area contributed by atoms with Crippen molar-refractivity contribution in [3.63, 3.8) is 0 Å². The van der Waals surface area contributed by atoms with Crippen LogP contribution in [0.25, 0.3) is 0 Å². The van der Waals surface area contributed by atoms with Crippen molar-refractivity contribution in [2.75, 3.05) is 10.6 Å². The fraction of sp³-hybridized carbons (Fsp3) is 0.167. The van der Waals surface area contributed by atoms with Crippen LogP contribution in [0.15, 0.2) is 53.4 Å². The number of benzene rings is 2. The molecule has 140 valence electrons. The minimum atomic E-state index is -3.93. The van der Waals surface area contributed by atoms with E-state index in [0.29, 0.717) is 16.9 Å². The first-order chi connectivity index (χ1) is 12.7. The molecule has 0 aliphatic carbocycles. The number of hydrogen-bond acceptors (Lipinski definition) is 5. The van der Waals surface area contributed by atoms with Crippen LogP contribution in [0.4, 0.5) is 11.4 Å². The zero-order valence-electron chi connectivity index (χ0n) is 14.7. The zero-order chi connectivity index (χ0) is 20.0. The van der Waals surface area contributed by atoms with Crippen LogP contribution in [0.3, 0.4) is 0 Å². The number of carbonyl (C=O) groups is 2. The topological polar surface area (TPSA) is 128 Å². The molecule has 1 unspecified atom stereocenters. The van der Waals surface area contributed by atoms with Crippen LogP contribution in [-0.4, -0.2) is 26.3 Å². The SMILES string of the molecule is CC(=O)Nc1ccc(S(=O)(=O)NC(C)C(=O)Nc2cccc(C#N)c2)cc1. The predicted molar refractivity (Wildman–Crippen MR) is 100 cm³/mol. The highest BCUT2D eigenvalue weighted by atomic mass is 32.2. The minimum Gasteiger partial charge on any atom is -0.326 e. The van der Waals surface area contributed by atoms with Crippen LogP contribution in [0.5, 0.6) is 0 Å². The van der Waals surface area contributed by atoms with Gasteiger partial charge in [-0.3, -0.25) is 9.59 Å². The first-order valence-corrected chi connectivity index (χ1v) is 9.40. The third kappa shape index (κ3) is 5.64. The van der Waals surface area contributed by atoms with Crippen molar-refractivity contribution in [2.45, 2.75) is 24.8 Å². The molecule has 9 heteroatoms. The lowest BCUT2D eigenvalue weighted by Gasteiger charge is -2.15. The largest absolute Gasteiger partial charge is 0.326 e. The molecular weight excluding hydrogens is 368 g/mol. The van der Waals surface area contributed by atoms with Crippen LogP contribution in [0.1, 0.15) is 19.4 Å². The molecule has 0 heterocycles. The Bertz CT molecular complexity index is 995. The van der Waals surface area contributed by atoms with Crippen molar-refractivity contribution < 1.29 is 18.0 Å². The normalized spacial score (nSPS) is 11.9. The maximum atomic E-state index is 12.4. The van der Waals surface area contributed by atoms with Crippen LogP contribution < -0.4 is 15.4 Å². The summed E-state index contributed by atoms with van der Waals surface area (Å²) in [5.74, 6) is -0.835. The fourth-order valence-corrected chi connectivity index (χ4v) is 3.39. The number of hydrogen-bond donors (Lipinski definition) is 3. The van der Waals surface area contributed by atoms with Gasteiger partial charge in [-0.05, 0) is 49.4 Å². The summed E-state index contributed by atoms with van der Waals surface area (Å²) in [4.78, 5) is 23.2. The van der Waals surface area contributed by atoms with Crippen molar-refractivity contribution in [1.29, 1.82) is 5.26 Å². The molecule has 2 rings (SSSR count). The average Bonchev–Trinajstić information content (AvgIpc) is 2.61. The Morgan fingerprint density at radius 1 is 1.04 bits per heavy atom. The van der Waals surface area contributed by atoms with Crippen molar-refractivity contribution in [3.8, 4) is 6.07 Å². The summed E-state index contributed by atoms with van der Waals surface area (Å²) in [5, 5.41) is 14.0. The van der Waals surface area contributed by atoms with E-state index in [9.17, 15) is 18.0 Å². The fourth-order valence-electron chi connectivity index (χ4n) is 2.19. The molecule has 0 saturated carbocycles. The van der Waals surface area contributed by atoms with Gasteiger partial charge in [0.2, 0.25) is 21.8 Å². The molecule has 8 nitrogen and oxygen atoms in total. The van der Waals surface area contributed by atoms with E-state index in [1.165, 1.54) is 44.2 Å². The summed E-state index contributed by atoms with van der Waals surface area (Å²) in [7, 11) is -3.93.